The third-order valence-electron chi connectivity index (χ3n) is 2.80. The molecule has 2 rings (SSSR count). The van der Waals surface area contributed by atoms with Gasteiger partial charge >= 0.3 is 0 Å². The van der Waals surface area contributed by atoms with Gasteiger partial charge in [-0.3, -0.25) is 4.79 Å². The number of nitrogens with zero attached hydrogens (tertiary/aromatic N) is 1. The fourth-order valence-corrected chi connectivity index (χ4v) is 1.99. The van der Waals surface area contributed by atoms with Crippen molar-refractivity contribution in [2.24, 2.45) is 0 Å². The van der Waals surface area contributed by atoms with Crippen molar-refractivity contribution in [2.75, 3.05) is 6.61 Å². The first-order valence-corrected chi connectivity index (χ1v) is 5.35. The molecule has 0 aliphatic heterocycles. The van der Waals surface area contributed by atoms with Crippen molar-refractivity contribution < 1.29 is 5.11 Å². The smallest absolute Gasteiger partial charge is 0.251 e. The Morgan fingerprint density at radius 3 is 2.69 bits per heavy atom. The van der Waals surface area contributed by atoms with Crippen molar-refractivity contribution in [1.29, 1.82) is 0 Å². The first-order chi connectivity index (χ1) is 7.63. The zero-order valence-corrected chi connectivity index (χ0v) is 9.53. The van der Waals surface area contributed by atoms with Crippen LogP contribution in [-0.2, 0) is 6.54 Å². The standard InChI is InChI=1S/C13H15NO2/c1-9-3-4-11-10(2)8-13(16)14(5-6-15)12(11)7-9/h3-4,7-8,15H,5-6H2,1-2H3. The van der Waals surface area contributed by atoms with E-state index in [4.69, 9.17) is 5.11 Å². The number of aryl methyl sites for hydroxylation is 2. The van der Waals surface area contributed by atoms with Crippen molar-refractivity contribution in [3.8, 4) is 0 Å². The summed E-state index contributed by atoms with van der Waals surface area (Å²) in [5.41, 5.74) is 2.95. The summed E-state index contributed by atoms with van der Waals surface area (Å²) < 4.78 is 1.62. The lowest BCUT2D eigenvalue weighted by Gasteiger charge is -2.11. The summed E-state index contributed by atoms with van der Waals surface area (Å²) in [6, 6.07) is 7.66. The van der Waals surface area contributed by atoms with E-state index in [0.717, 1.165) is 22.0 Å². The predicted octanol–water partition coefficient (Wildman–Crippen LogP) is 1.61. The number of fused-ring (bicyclic) bond motifs is 1. The lowest BCUT2D eigenvalue weighted by atomic mass is 10.1. The van der Waals surface area contributed by atoms with Gasteiger partial charge < -0.3 is 9.67 Å². The van der Waals surface area contributed by atoms with E-state index in [1.807, 2.05) is 32.0 Å². The third kappa shape index (κ3) is 1.74. The van der Waals surface area contributed by atoms with E-state index in [-0.39, 0.29) is 12.2 Å². The minimum absolute atomic E-state index is 0.0218. The first-order valence-electron chi connectivity index (χ1n) is 5.35. The molecule has 1 aromatic heterocycles. The van der Waals surface area contributed by atoms with E-state index in [1.165, 1.54) is 0 Å². The summed E-state index contributed by atoms with van der Waals surface area (Å²) in [7, 11) is 0. The van der Waals surface area contributed by atoms with Gasteiger partial charge in [0.25, 0.3) is 5.56 Å². The molecule has 3 nitrogen and oxygen atoms in total. The molecule has 0 spiro atoms. The zero-order chi connectivity index (χ0) is 11.7. The Hall–Kier alpha value is -1.61. The molecule has 0 radical (unpaired) electrons. The van der Waals surface area contributed by atoms with Crippen LogP contribution in [0.3, 0.4) is 0 Å². The van der Waals surface area contributed by atoms with E-state index < -0.39 is 0 Å². The molecule has 0 bridgehead atoms. The van der Waals surface area contributed by atoms with Gasteiger partial charge in [0.15, 0.2) is 0 Å². The Morgan fingerprint density at radius 2 is 2.00 bits per heavy atom. The lowest BCUT2D eigenvalue weighted by molar-refractivity contribution is 0.276. The molecular weight excluding hydrogens is 202 g/mol. The largest absolute Gasteiger partial charge is 0.395 e. The number of rotatable bonds is 2. The van der Waals surface area contributed by atoms with E-state index in [9.17, 15) is 4.79 Å². The van der Waals surface area contributed by atoms with Gasteiger partial charge in [0, 0.05) is 18.0 Å². The van der Waals surface area contributed by atoms with Crippen LogP contribution in [0.4, 0.5) is 0 Å². The molecule has 0 unspecified atom stereocenters. The molecule has 2 aromatic rings. The van der Waals surface area contributed by atoms with Gasteiger partial charge in [-0.15, -0.1) is 0 Å². The second kappa shape index (κ2) is 4.10. The van der Waals surface area contributed by atoms with Crippen LogP contribution in [0.1, 0.15) is 11.1 Å². The monoisotopic (exact) mass is 217 g/mol. The molecule has 0 saturated heterocycles. The number of hydrogen-bond acceptors (Lipinski definition) is 2. The molecule has 3 heteroatoms. The van der Waals surface area contributed by atoms with Crippen LogP contribution in [0.15, 0.2) is 29.1 Å². The highest BCUT2D eigenvalue weighted by molar-refractivity contribution is 5.83. The van der Waals surface area contributed by atoms with Crippen LogP contribution in [0.25, 0.3) is 10.9 Å². The van der Waals surface area contributed by atoms with Crippen LogP contribution in [0.5, 0.6) is 0 Å². The molecule has 0 saturated carbocycles. The summed E-state index contributed by atoms with van der Waals surface area (Å²) in [5.74, 6) is 0. The van der Waals surface area contributed by atoms with Crippen LogP contribution in [0.2, 0.25) is 0 Å². The fourth-order valence-electron chi connectivity index (χ4n) is 1.99. The molecule has 1 N–H and O–H groups in total. The van der Waals surface area contributed by atoms with Crippen LogP contribution in [0, 0.1) is 13.8 Å². The van der Waals surface area contributed by atoms with Gasteiger partial charge in [-0.25, -0.2) is 0 Å². The van der Waals surface area contributed by atoms with E-state index in [2.05, 4.69) is 0 Å². The van der Waals surface area contributed by atoms with E-state index in [0.29, 0.717) is 6.54 Å². The second-order valence-electron chi connectivity index (χ2n) is 4.06. The van der Waals surface area contributed by atoms with Gasteiger partial charge in [-0.2, -0.15) is 0 Å². The number of benzene rings is 1. The van der Waals surface area contributed by atoms with Crippen molar-refractivity contribution in [3.05, 3.63) is 45.7 Å². The van der Waals surface area contributed by atoms with Crippen LogP contribution >= 0.6 is 0 Å². The number of aromatic nitrogens is 1. The van der Waals surface area contributed by atoms with Crippen LogP contribution < -0.4 is 5.56 Å². The van der Waals surface area contributed by atoms with Gasteiger partial charge in [-0.1, -0.05) is 12.1 Å². The summed E-state index contributed by atoms with van der Waals surface area (Å²) in [5, 5.41) is 10.1. The number of hydrogen-bond donors (Lipinski definition) is 1. The number of aliphatic hydroxyl groups excluding tert-OH is 1. The maximum atomic E-state index is 11.8. The SMILES string of the molecule is Cc1ccc2c(C)cc(=O)n(CCO)c2c1. The van der Waals surface area contributed by atoms with Crippen molar-refractivity contribution in [1.82, 2.24) is 4.57 Å². The Balaban J connectivity index is 2.86. The quantitative estimate of drug-likeness (QED) is 0.830. The first kappa shape index (κ1) is 10.9. The van der Waals surface area contributed by atoms with Crippen molar-refractivity contribution in [2.45, 2.75) is 20.4 Å². The minimum atomic E-state index is -0.0512. The summed E-state index contributed by atoms with van der Waals surface area (Å²) in [6.45, 7) is 4.25. The molecule has 1 heterocycles. The Bertz CT molecular complexity index is 584. The minimum Gasteiger partial charge on any atom is -0.395 e. The molecule has 0 atom stereocenters. The topological polar surface area (TPSA) is 42.2 Å². The second-order valence-corrected chi connectivity index (χ2v) is 4.06. The van der Waals surface area contributed by atoms with Gasteiger partial charge in [0.2, 0.25) is 0 Å². The summed E-state index contributed by atoms with van der Waals surface area (Å²) >= 11 is 0. The summed E-state index contributed by atoms with van der Waals surface area (Å²) in [4.78, 5) is 11.8. The van der Waals surface area contributed by atoms with Crippen LogP contribution in [-0.4, -0.2) is 16.3 Å². The predicted molar refractivity (Wildman–Crippen MR) is 64.8 cm³/mol. The molecular formula is C13H15NO2. The Labute approximate surface area is 94.0 Å². The zero-order valence-electron chi connectivity index (χ0n) is 9.53. The van der Waals surface area contributed by atoms with Crippen molar-refractivity contribution in [3.63, 3.8) is 0 Å². The molecule has 0 aliphatic rings. The highest BCUT2D eigenvalue weighted by Crippen LogP contribution is 2.17. The molecule has 0 aliphatic carbocycles. The molecule has 16 heavy (non-hydrogen) atoms. The number of aliphatic hydroxyl groups is 1. The highest BCUT2D eigenvalue weighted by Gasteiger charge is 2.05. The van der Waals surface area contributed by atoms with E-state index >= 15 is 0 Å². The molecule has 0 fully saturated rings. The Kier molecular flexibility index (Phi) is 2.79. The maximum Gasteiger partial charge on any atom is 0.251 e. The fraction of sp³-hybridized carbons (Fsp3) is 0.308. The summed E-state index contributed by atoms with van der Waals surface area (Å²) in [6.07, 6.45) is 0. The normalized spacial score (nSPS) is 10.9. The molecule has 0 amide bonds. The van der Waals surface area contributed by atoms with Gasteiger partial charge in [0.1, 0.15) is 0 Å². The average molecular weight is 217 g/mol. The maximum absolute atomic E-state index is 11.8. The lowest BCUT2D eigenvalue weighted by Crippen LogP contribution is -2.21. The highest BCUT2D eigenvalue weighted by atomic mass is 16.3. The molecule has 84 valence electrons. The van der Waals surface area contributed by atoms with E-state index in [1.54, 1.807) is 10.6 Å². The van der Waals surface area contributed by atoms with Gasteiger partial charge in [-0.05, 0) is 31.0 Å². The average Bonchev–Trinajstić information content (AvgIpc) is 2.23. The molecule has 1 aromatic carbocycles. The third-order valence-corrected chi connectivity index (χ3v) is 2.80. The number of pyridine rings is 1. The Morgan fingerprint density at radius 1 is 1.25 bits per heavy atom. The van der Waals surface area contributed by atoms with Gasteiger partial charge in [0.05, 0.1) is 12.1 Å². The van der Waals surface area contributed by atoms with Crippen molar-refractivity contribution >= 4 is 10.9 Å².